The standard InChI is InChI=1S/C20H22N6S2/c1-14(2)15-5-7-16(8-6-15)18-13-28-20(21-18)26(12-17-4-3-11-27-17)10-9-19-22-24-25-23-19/h3-8,11,13-14H,9-10,12H2,1-2H3,(H,22,23,24,25). The van der Waals surface area contributed by atoms with Crippen LogP contribution in [0.5, 0.6) is 0 Å². The van der Waals surface area contributed by atoms with Crippen LogP contribution in [0.3, 0.4) is 0 Å². The Balaban J connectivity index is 1.53. The minimum atomic E-state index is 0.534. The molecule has 28 heavy (non-hydrogen) atoms. The van der Waals surface area contributed by atoms with Gasteiger partial charge in [-0.2, -0.15) is 5.21 Å². The zero-order chi connectivity index (χ0) is 19.3. The number of H-pyrrole nitrogens is 1. The molecular formula is C20H22N6S2. The van der Waals surface area contributed by atoms with Gasteiger partial charge in [-0.3, -0.25) is 0 Å². The van der Waals surface area contributed by atoms with E-state index < -0.39 is 0 Å². The second-order valence-electron chi connectivity index (χ2n) is 6.87. The minimum Gasteiger partial charge on any atom is -0.342 e. The molecule has 1 N–H and O–H groups in total. The minimum absolute atomic E-state index is 0.534. The molecule has 3 heterocycles. The van der Waals surface area contributed by atoms with Crippen molar-refractivity contribution in [1.29, 1.82) is 0 Å². The number of aromatic amines is 1. The number of hydrogen-bond donors (Lipinski definition) is 1. The number of anilines is 1. The van der Waals surface area contributed by atoms with Crippen molar-refractivity contribution in [2.45, 2.75) is 32.7 Å². The van der Waals surface area contributed by atoms with E-state index in [2.05, 4.69) is 86.5 Å². The number of thiazole rings is 1. The summed E-state index contributed by atoms with van der Waals surface area (Å²) in [5.41, 5.74) is 3.52. The van der Waals surface area contributed by atoms with Crippen molar-refractivity contribution >= 4 is 27.8 Å². The van der Waals surface area contributed by atoms with Gasteiger partial charge in [-0.05, 0) is 22.9 Å². The van der Waals surface area contributed by atoms with Gasteiger partial charge < -0.3 is 4.90 Å². The molecule has 0 radical (unpaired) electrons. The van der Waals surface area contributed by atoms with Crippen molar-refractivity contribution in [1.82, 2.24) is 25.6 Å². The second kappa shape index (κ2) is 8.62. The van der Waals surface area contributed by atoms with E-state index in [1.807, 2.05) is 0 Å². The van der Waals surface area contributed by atoms with Crippen LogP contribution >= 0.6 is 22.7 Å². The molecule has 0 unspecified atom stereocenters. The summed E-state index contributed by atoms with van der Waals surface area (Å²) < 4.78 is 0. The topological polar surface area (TPSA) is 70.6 Å². The van der Waals surface area contributed by atoms with Crippen molar-refractivity contribution in [2.24, 2.45) is 0 Å². The maximum atomic E-state index is 4.92. The summed E-state index contributed by atoms with van der Waals surface area (Å²) in [4.78, 5) is 8.52. The van der Waals surface area contributed by atoms with E-state index in [1.54, 1.807) is 22.7 Å². The Hall–Kier alpha value is -2.58. The van der Waals surface area contributed by atoms with Crippen molar-refractivity contribution < 1.29 is 0 Å². The number of hydrogen-bond acceptors (Lipinski definition) is 7. The van der Waals surface area contributed by atoms with Gasteiger partial charge >= 0.3 is 0 Å². The molecule has 3 aromatic heterocycles. The number of nitrogens with one attached hydrogen (secondary N) is 1. The molecular weight excluding hydrogens is 388 g/mol. The summed E-state index contributed by atoms with van der Waals surface area (Å²) in [6.07, 6.45) is 0.722. The summed E-state index contributed by atoms with van der Waals surface area (Å²) in [7, 11) is 0. The van der Waals surface area contributed by atoms with Gasteiger partial charge in [-0.15, -0.1) is 32.9 Å². The highest BCUT2D eigenvalue weighted by Gasteiger charge is 2.15. The van der Waals surface area contributed by atoms with E-state index in [0.717, 1.165) is 41.7 Å². The Kier molecular flexibility index (Phi) is 5.78. The lowest BCUT2D eigenvalue weighted by Gasteiger charge is -2.20. The van der Waals surface area contributed by atoms with E-state index in [-0.39, 0.29) is 0 Å². The van der Waals surface area contributed by atoms with E-state index in [4.69, 9.17) is 4.98 Å². The molecule has 0 aliphatic carbocycles. The Labute approximate surface area is 172 Å². The number of tetrazole rings is 1. The van der Waals surface area contributed by atoms with Crippen molar-refractivity contribution in [2.75, 3.05) is 11.4 Å². The lowest BCUT2D eigenvalue weighted by molar-refractivity contribution is 0.758. The summed E-state index contributed by atoms with van der Waals surface area (Å²) in [5, 5.41) is 19.6. The Morgan fingerprint density at radius 2 is 1.96 bits per heavy atom. The molecule has 0 atom stereocenters. The van der Waals surface area contributed by atoms with Crippen LogP contribution in [0.2, 0.25) is 0 Å². The SMILES string of the molecule is CC(C)c1ccc(-c2csc(N(CCc3nn[nH]n3)Cc3cccs3)n2)cc1. The lowest BCUT2D eigenvalue weighted by Crippen LogP contribution is -2.25. The van der Waals surface area contributed by atoms with Crippen LogP contribution in [0.1, 0.15) is 36.0 Å². The van der Waals surface area contributed by atoms with Gasteiger partial charge in [-0.1, -0.05) is 49.4 Å². The fraction of sp³-hybridized carbons (Fsp3) is 0.300. The van der Waals surface area contributed by atoms with Crippen LogP contribution in [-0.2, 0) is 13.0 Å². The van der Waals surface area contributed by atoms with E-state index in [0.29, 0.717) is 5.92 Å². The molecule has 144 valence electrons. The summed E-state index contributed by atoms with van der Waals surface area (Å²) in [5.74, 6) is 1.25. The molecule has 1 aromatic carbocycles. The highest BCUT2D eigenvalue weighted by atomic mass is 32.1. The number of nitrogens with zero attached hydrogens (tertiary/aromatic N) is 5. The van der Waals surface area contributed by atoms with Crippen molar-refractivity contribution in [3.05, 3.63) is 63.4 Å². The third-order valence-electron chi connectivity index (χ3n) is 4.56. The molecule has 0 saturated heterocycles. The first-order chi connectivity index (χ1) is 13.7. The van der Waals surface area contributed by atoms with Crippen LogP contribution in [0.4, 0.5) is 5.13 Å². The average Bonchev–Trinajstić information content (AvgIpc) is 3.48. The number of benzene rings is 1. The maximum absolute atomic E-state index is 4.92. The number of rotatable bonds is 8. The fourth-order valence-corrected chi connectivity index (χ4v) is 4.52. The predicted octanol–water partition coefficient (Wildman–Crippen LogP) is 4.76. The average molecular weight is 411 g/mol. The van der Waals surface area contributed by atoms with E-state index in [9.17, 15) is 0 Å². The quantitative estimate of drug-likeness (QED) is 0.454. The highest BCUT2D eigenvalue weighted by Crippen LogP contribution is 2.30. The van der Waals surface area contributed by atoms with Crippen LogP contribution in [-0.4, -0.2) is 32.2 Å². The summed E-state index contributed by atoms with van der Waals surface area (Å²) in [6.45, 7) is 6.04. The number of aromatic nitrogens is 5. The first-order valence-electron chi connectivity index (χ1n) is 9.24. The van der Waals surface area contributed by atoms with Crippen LogP contribution in [0, 0.1) is 0 Å². The maximum Gasteiger partial charge on any atom is 0.186 e. The fourth-order valence-electron chi connectivity index (χ4n) is 2.94. The molecule has 0 spiro atoms. The van der Waals surface area contributed by atoms with Gasteiger partial charge in [0.15, 0.2) is 11.0 Å². The third kappa shape index (κ3) is 4.45. The molecule has 0 saturated carbocycles. The van der Waals surface area contributed by atoms with E-state index in [1.165, 1.54) is 10.4 Å². The predicted molar refractivity (Wildman–Crippen MR) is 115 cm³/mol. The second-order valence-corrected chi connectivity index (χ2v) is 8.74. The van der Waals surface area contributed by atoms with Gasteiger partial charge in [0.2, 0.25) is 0 Å². The van der Waals surface area contributed by atoms with Crippen molar-refractivity contribution in [3.8, 4) is 11.3 Å². The van der Waals surface area contributed by atoms with Gasteiger partial charge in [0.05, 0.1) is 12.2 Å². The number of thiophene rings is 1. The van der Waals surface area contributed by atoms with Gasteiger partial charge in [-0.25, -0.2) is 4.98 Å². The van der Waals surface area contributed by atoms with E-state index >= 15 is 0 Å². The molecule has 0 amide bonds. The van der Waals surface area contributed by atoms with Gasteiger partial charge in [0, 0.05) is 28.8 Å². The Morgan fingerprint density at radius 1 is 1.11 bits per heavy atom. The van der Waals surface area contributed by atoms with Gasteiger partial charge in [0.1, 0.15) is 0 Å². The molecule has 4 rings (SSSR count). The monoisotopic (exact) mass is 410 g/mol. The first-order valence-corrected chi connectivity index (χ1v) is 11.0. The van der Waals surface area contributed by atoms with Crippen LogP contribution in [0.15, 0.2) is 47.2 Å². The summed E-state index contributed by atoms with van der Waals surface area (Å²) in [6, 6.07) is 13.0. The summed E-state index contributed by atoms with van der Waals surface area (Å²) >= 11 is 3.44. The first kappa shape index (κ1) is 18.8. The molecule has 0 bridgehead atoms. The normalized spacial score (nSPS) is 11.2. The third-order valence-corrected chi connectivity index (χ3v) is 6.32. The Bertz CT molecular complexity index is 974. The Morgan fingerprint density at radius 3 is 2.64 bits per heavy atom. The van der Waals surface area contributed by atoms with Crippen molar-refractivity contribution in [3.63, 3.8) is 0 Å². The molecule has 0 aliphatic heterocycles. The zero-order valence-electron chi connectivity index (χ0n) is 15.9. The van der Waals surface area contributed by atoms with Gasteiger partial charge in [0.25, 0.3) is 0 Å². The van der Waals surface area contributed by atoms with Crippen LogP contribution in [0.25, 0.3) is 11.3 Å². The highest BCUT2D eigenvalue weighted by molar-refractivity contribution is 7.14. The van der Waals surface area contributed by atoms with Crippen LogP contribution < -0.4 is 4.90 Å². The molecule has 6 nitrogen and oxygen atoms in total. The molecule has 4 aromatic rings. The molecule has 0 fully saturated rings. The lowest BCUT2D eigenvalue weighted by atomic mass is 10.0. The largest absolute Gasteiger partial charge is 0.342 e. The molecule has 0 aliphatic rings. The zero-order valence-corrected chi connectivity index (χ0v) is 17.5. The smallest absolute Gasteiger partial charge is 0.186 e. The molecule has 8 heteroatoms.